The molecule has 0 bridgehead atoms. The van der Waals surface area contributed by atoms with E-state index >= 15 is 0 Å². The van der Waals surface area contributed by atoms with Crippen LogP contribution in [0.15, 0.2) is 47.1 Å². The fraction of sp³-hybridized carbons (Fsp3) is 0.286. The summed E-state index contributed by atoms with van der Waals surface area (Å²) in [7, 11) is 0. The Kier molecular flexibility index (Phi) is 4.73. The molecule has 144 valence electrons. The smallest absolute Gasteiger partial charge is 0.311 e. The first-order valence-electron chi connectivity index (χ1n) is 9.10. The van der Waals surface area contributed by atoms with Gasteiger partial charge < -0.3 is 19.0 Å². The summed E-state index contributed by atoms with van der Waals surface area (Å²) >= 11 is 0. The lowest BCUT2D eigenvalue weighted by Gasteiger charge is -2.14. The van der Waals surface area contributed by atoms with Gasteiger partial charge in [0.25, 0.3) is 0 Å². The van der Waals surface area contributed by atoms with Crippen LogP contribution in [0.2, 0.25) is 0 Å². The zero-order valence-electron chi connectivity index (χ0n) is 15.4. The fourth-order valence-electron chi connectivity index (χ4n) is 3.64. The highest BCUT2D eigenvalue weighted by Gasteiger charge is 2.36. The molecule has 1 saturated heterocycles. The second-order valence-corrected chi connectivity index (χ2v) is 6.96. The number of H-pyrrole nitrogens is 1. The number of carbonyl (C=O) groups is 3. The second kappa shape index (κ2) is 7.34. The topological polar surface area (TPSA) is 92.6 Å². The maximum absolute atomic E-state index is 12.6. The molecule has 1 aliphatic rings. The van der Waals surface area contributed by atoms with Crippen molar-refractivity contribution in [2.45, 2.75) is 19.9 Å². The number of ether oxygens (including phenoxy) is 1. The molecule has 1 aromatic carbocycles. The molecular weight excluding hydrogens is 360 g/mol. The Balaban J connectivity index is 1.37. The molecular formula is C21H20N2O5. The van der Waals surface area contributed by atoms with Gasteiger partial charge in [-0.15, -0.1) is 0 Å². The standard InChI is InChI=1S/C21H20N2O5/c1-13-20(16-6-2-3-7-17(16)22-13)18(24)12-28-21(26)14-9-19(25)23(10-14)11-15-5-4-8-27-15/h2-8,14,22H,9-12H2,1H3/t14-/m1/s1. The van der Waals surface area contributed by atoms with Gasteiger partial charge in [0.05, 0.1) is 18.7 Å². The van der Waals surface area contributed by atoms with Crippen LogP contribution in [0.4, 0.5) is 0 Å². The van der Waals surface area contributed by atoms with E-state index in [9.17, 15) is 14.4 Å². The number of nitrogens with zero attached hydrogens (tertiary/aromatic N) is 1. The summed E-state index contributed by atoms with van der Waals surface area (Å²) in [5, 5.41) is 0.807. The summed E-state index contributed by atoms with van der Waals surface area (Å²) in [6.45, 7) is 2.06. The molecule has 0 unspecified atom stereocenters. The molecule has 3 aromatic rings. The van der Waals surface area contributed by atoms with Gasteiger partial charge >= 0.3 is 5.97 Å². The highest BCUT2D eigenvalue weighted by molar-refractivity contribution is 6.10. The van der Waals surface area contributed by atoms with Crippen molar-refractivity contribution < 1.29 is 23.5 Å². The highest BCUT2D eigenvalue weighted by Crippen LogP contribution is 2.24. The first-order valence-corrected chi connectivity index (χ1v) is 9.10. The summed E-state index contributed by atoms with van der Waals surface area (Å²) in [5.41, 5.74) is 2.14. The number of rotatable bonds is 6. The Labute approximate surface area is 161 Å². The maximum Gasteiger partial charge on any atom is 0.311 e. The van der Waals surface area contributed by atoms with E-state index in [0.29, 0.717) is 17.9 Å². The van der Waals surface area contributed by atoms with Crippen molar-refractivity contribution in [2.24, 2.45) is 5.92 Å². The number of hydrogen-bond donors (Lipinski definition) is 1. The van der Waals surface area contributed by atoms with Crippen molar-refractivity contribution in [3.05, 3.63) is 59.7 Å². The number of aromatic amines is 1. The normalized spacial score (nSPS) is 16.7. The molecule has 28 heavy (non-hydrogen) atoms. The Hall–Kier alpha value is -3.35. The number of aromatic nitrogens is 1. The van der Waals surface area contributed by atoms with Crippen molar-refractivity contribution in [3.8, 4) is 0 Å². The van der Waals surface area contributed by atoms with Gasteiger partial charge in [-0.25, -0.2) is 0 Å². The average molecular weight is 380 g/mol. The monoisotopic (exact) mass is 380 g/mol. The quantitative estimate of drug-likeness (QED) is 0.524. The van der Waals surface area contributed by atoms with Crippen molar-refractivity contribution in [1.29, 1.82) is 0 Å². The largest absolute Gasteiger partial charge is 0.467 e. The average Bonchev–Trinajstić information content (AvgIpc) is 3.39. The van der Waals surface area contributed by atoms with Crippen molar-refractivity contribution in [2.75, 3.05) is 13.2 Å². The lowest BCUT2D eigenvalue weighted by Crippen LogP contribution is -2.27. The van der Waals surface area contributed by atoms with Crippen LogP contribution in [0.3, 0.4) is 0 Å². The third kappa shape index (κ3) is 3.43. The molecule has 0 saturated carbocycles. The van der Waals surface area contributed by atoms with E-state index in [0.717, 1.165) is 16.6 Å². The van der Waals surface area contributed by atoms with Crippen molar-refractivity contribution >= 4 is 28.6 Å². The minimum absolute atomic E-state index is 0.0832. The summed E-state index contributed by atoms with van der Waals surface area (Å²) in [6.07, 6.45) is 1.62. The third-order valence-electron chi connectivity index (χ3n) is 4.99. The third-order valence-corrected chi connectivity index (χ3v) is 4.99. The van der Waals surface area contributed by atoms with Crippen LogP contribution >= 0.6 is 0 Å². The molecule has 0 radical (unpaired) electrons. The summed E-state index contributed by atoms with van der Waals surface area (Å²) in [5.74, 6) is -0.829. The maximum atomic E-state index is 12.6. The van der Waals surface area contributed by atoms with E-state index in [-0.39, 0.29) is 31.3 Å². The Morgan fingerprint density at radius 1 is 1.25 bits per heavy atom. The predicted octanol–water partition coefficient (Wildman–Crippen LogP) is 2.84. The number of aryl methyl sites for hydroxylation is 1. The summed E-state index contributed by atoms with van der Waals surface area (Å²) < 4.78 is 10.5. The van der Waals surface area contributed by atoms with Gasteiger partial charge in [0, 0.05) is 35.1 Å². The van der Waals surface area contributed by atoms with Crippen LogP contribution in [0.5, 0.6) is 0 Å². The van der Waals surface area contributed by atoms with Gasteiger partial charge in [0.1, 0.15) is 5.76 Å². The molecule has 7 heteroatoms. The zero-order valence-corrected chi connectivity index (χ0v) is 15.4. The number of benzene rings is 1. The molecule has 3 heterocycles. The first kappa shape index (κ1) is 18.0. The summed E-state index contributed by atoms with van der Waals surface area (Å²) in [4.78, 5) is 41.9. The van der Waals surface area contributed by atoms with Crippen LogP contribution < -0.4 is 0 Å². The van der Waals surface area contributed by atoms with Gasteiger partial charge in [-0.05, 0) is 25.1 Å². The fourth-order valence-corrected chi connectivity index (χ4v) is 3.64. The lowest BCUT2D eigenvalue weighted by atomic mass is 10.1. The number of ketones is 1. The number of esters is 1. The number of nitrogens with one attached hydrogen (secondary N) is 1. The number of amides is 1. The van der Waals surface area contributed by atoms with Gasteiger partial charge in [0.2, 0.25) is 11.7 Å². The predicted molar refractivity (Wildman–Crippen MR) is 101 cm³/mol. The van der Waals surface area contributed by atoms with E-state index in [1.165, 1.54) is 0 Å². The number of carbonyl (C=O) groups excluding carboxylic acids is 3. The number of fused-ring (bicyclic) bond motifs is 1. The Morgan fingerprint density at radius 3 is 2.86 bits per heavy atom. The van der Waals surface area contributed by atoms with Crippen molar-refractivity contribution in [1.82, 2.24) is 9.88 Å². The molecule has 0 aliphatic carbocycles. The molecule has 0 spiro atoms. The first-order chi connectivity index (χ1) is 13.5. The number of Topliss-reactive ketones (excluding diaryl/α,β-unsaturated/α-hetero) is 1. The SMILES string of the molecule is Cc1[nH]c2ccccc2c1C(=O)COC(=O)[C@@H]1CC(=O)N(Cc2ccco2)C1. The van der Waals surface area contributed by atoms with Crippen LogP contribution in [0, 0.1) is 12.8 Å². The molecule has 1 amide bonds. The zero-order chi connectivity index (χ0) is 19.7. The minimum atomic E-state index is -0.570. The molecule has 1 aliphatic heterocycles. The van der Waals surface area contributed by atoms with Crippen LogP contribution in [-0.2, 0) is 20.9 Å². The molecule has 2 aromatic heterocycles. The molecule has 1 atom stereocenters. The number of furan rings is 1. The van der Waals surface area contributed by atoms with Gasteiger partial charge in [0.15, 0.2) is 6.61 Å². The van der Waals surface area contributed by atoms with Crippen LogP contribution in [0.1, 0.15) is 28.2 Å². The highest BCUT2D eigenvalue weighted by atomic mass is 16.5. The number of para-hydroxylation sites is 1. The van der Waals surface area contributed by atoms with Gasteiger partial charge in [-0.2, -0.15) is 0 Å². The van der Waals surface area contributed by atoms with Gasteiger partial charge in [-0.3, -0.25) is 14.4 Å². The van der Waals surface area contributed by atoms with Crippen LogP contribution in [0.25, 0.3) is 10.9 Å². The van der Waals surface area contributed by atoms with E-state index in [2.05, 4.69) is 4.98 Å². The van der Waals surface area contributed by atoms with Gasteiger partial charge in [-0.1, -0.05) is 18.2 Å². The molecule has 1 fully saturated rings. The van der Waals surface area contributed by atoms with Crippen molar-refractivity contribution in [3.63, 3.8) is 0 Å². The second-order valence-electron chi connectivity index (χ2n) is 6.96. The number of likely N-dealkylation sites (tertiary alicyclic amines) is 1. The van der Waals surface area contributed by atoms with E-state index in [4.69, 9.17) is 9.15 Å². The van der Waals surface area contributed by atoms with E-state index in [1.54, 1.807) is 23.3 Å². The molecule has 7 nitrogen and oxygen atoms in total. The van der Waals surface area contributed by atoms with E-state index in [1.807, 2.05) is 31.2 Å². The molecule has 4 rings (SSSR count). The summed E-state index contributed by atoms with van der Waals surface area (Å²) in [6, 6.07) is 11.0. The number of hydrogen-bond acceptors (Lipinski definition) is 5. The van der Waals surface area contributed by atoms with Crippen LogP contribution in [-0.4, -0.2) is 40.7 Å². The minimum Gasteiger partial charge on any atom is -0.467 e. The lowest BCUT2D eigenvalue weighted by molar-refractivity contribution is -0.147. The Morgan fingerprint density at radius 2 is 2.07 bits per heavy atom. The Bertz CT molecular complexity index is 1030. The van der Waals surface area contributed by atoms with E-state index < -0.39 is 11.9 Å². The molecule has 1 N–H and O–H groups in total.